The van der Waals surface area contributed by atoms with E-state index in [1.807, 2.05) is 0 Å². The molecular formula is C9H6ClFN2S. The van der Waals surface area contributed by atoms with E-state index in [1.165, 1.54) is 17.4 Å². The Morgan fingerprint density at radius 3 is 2.71 bits per heavy atom. The number of nitrogens with zero attached hydrogens (tertiary/aromatic N) is 2. The molecule has 2 rings (SSSR count). The van der Waals surface area contributed by atoms with Crippen LogP contribution in [0.15, 0.2) is 24.3 Å². The van der Waals surface area contributed by atoms with Gasteiger partial charge in [0.15, 0.2) is 0 Å². The van der Waals surface area contributed by atoms with Crippen molar-refractivity contribution < 1.29 is 4.39 Å². The zero-order valence-corrected chi connectivity index (χ0v) is 8.65. The summed E-state index contributed by atoms with van der Waals surface area (Å²) in [6.45, 7) is 0. The molecule has 0 bridgehead atoms. The summed E-state index contributed by atoms with van der Waals surface area (Å²) < 4.78 is 13.6. The van der Waals surface area contributed by atoms with E-state index >= 15 is 0 Å². The van der Waals surface area contributed by atoms with Gasteiger partial charge in [-0.05, 0) is 23.2 Å². The third-order valence-corrected chi connectivity index (χ3v) is 2.76. The lowest BCUT2D eigenvalue weighted by molar-refractivity contribution is 0.613. The van der Waals surface area contributed by atoms with Crippen molar-refractivity contribution in [2.75, 3.05) is 0 Å². The van der Waals surface area contributed by atoms with Crippen LogP contribution in [-0.2, 0) is 6.42 Å². The maximum Gasteiger partial charge on any atom is 0.207 e. The Morgan fingerprint density at radius 1 is 1.29 bits per heavy atom. The lowest BCUT2D eigenvalue weighted by atomic mass is 10.1. The molecule has 2 nitrogen and oxygen atoms in total. The normalized spacial score (nSPS) is 10.4. The minimum absolute atomic E-state index is 0.223. The third-order valence-electron chi connectivity index (χ3n) is 1.74. The first kappa shape index (κ1) is 9.55. The second kappa shape index (κ2) is 4.02. The van der Waals surface area contributed by atoms with E-state index in [0.29, 0.717) is 16.5 Å². The minimum atomic E-state index is -0.223. The van der Waals surface area contributed by atoms with E-state index in [0.717, 1.165) is 5.01 Å². The van der Waals surface area contributed by atoms with Gasteiger partial charge < -0.3 is 0 Å². The zero-order valence-electron chi connectivity index (χ0n) is 7.08. The molecule has 0 amide bonds. The van der Waals surface area contributed by atoms with Crippen LogP contribution >= 0.6 is 22.9 Å². The molecule has 0 saturated heterocycles. The first-order chi connectivity index (χ1) is 6.75. The molecule has 5 heteroatoms. The summed E-state index contributed by atoms with van der Waals surface area (Å²) in [5, 5.41) is 8.20. The van der Waals surface area contributed by atoms with E-state index in [1.54, 1.807) is 18.2 Å². The Hall–Kier alpha value is -1.00. The zero-order chi connectivity index (χ0) is 9.97. The van der Waals surface area contributed by atoms with E-state index in [9.17, 15) is 4.39 Å². The summed E-state index contributed by atoms with van der Waals surface area (Å²) >= 11 is 6.89. The molecular weight excluding hydrogens is 223 g/mol. The van der Waals surface area contributed by atoms with Gasteiger partial charge in [0, 0.05) is 6.42 Å². The Morgan fingerprint density at radius 2 is 2.07 bits per heavy atom. The number of benzene rings is 1. The summed E-state index contributed by atoms with van der Waals surface area (Å²) in [4.78, 5) is 0. The molecule has 0 unspecified atom stereocenters. The van der Waals surface area contributed by atoms with Gasteiger partial charge in [-0.1, -0.05) is 29.5 Å². The Labute approximate surface area is 89.4 Å². The van der Waals surface area contributed by atoms with Crippen molar-refractivity contribution >= 4 is 22.9 Å². The molecule has 0 aliphatic rings. The smallest absolute Gasteiger partial charge is 0.207 e. The molecule has 2 aromatic rings. The van der Waals surface area contributed by atoms with Gasteiger partial charge in [0.05, 0.1) is 0 Å². The van der Waals surface area contributed by atoms with E-state index in [-0.39, 0.29) is 5.82 Å². The van der Waals surface area contributed by atoms with Gasteiger partial charge in [-0.15, -0.1) is 10.2 Å². The number of hydrogen-bond acceptors (Lipinski definition) is 3. The van der Waals surface area contributed by atoms with Gasteiger partial charge in [-0.2, -0.15) is 0 Å². The van der Waals surface area contributed by atoms with Crippen molar-refractivity contribution in [3.63, 3.8) is 0 Å². The molecule has 0 aliphatic carbocycles. The molecule has 0 radical (unpaired) electrons. The van der Waals surface area contributed by atoms with Crippen LogP contribution in [0.2, 0.25) is 4.47 Å². The second-order valence-electron chi connectivity index (χ2n) is 2.72. The Kier molecular flexibility index (Phi) is 2.74. The fourth-order valence-electron chi connectivity index (χ4n) is 1.11. The lowest BCUT2D eigenvalue weighted by Crippen LogP contribution is -1.91. The van der Waals surface area contributed by atoms with Crippen LogP contribution in [-0.4, -0.2) is 10.2 Å². The average molecular weight is 229 g/mol. The quantitative estimate of drug-likeness (QED) is 0.790. The second-order valence-corrected chi connectivity index (χ2v) is 4.36. The highest BCUT2D eigenvalue weighted by molar-refractivity contribution is 7.15. The predicted octanol–water partition coefficient (Wildman–Crippen LogP) is 2.92. The molecule has 0 spiro atoms. The number of aromatic nitrogens is 2. The van der Waals surface area contributed by atoms with Gasteiger partial charge >= 0.3 is 0 Å². The summed E-state index contributed by atoms with van der Waals surface area (Å²) in [6, 6.07) is 6.61. The van der Waals surface area contributed by atoms with Gasteiger partial charge in [0.2, 0.25) is 4.47 Å². The van der Waals surface area contributed by atoms with E-state index < -0.39 is 0 Å². The highest BCUT2D eigenvalue weighted by Gasteiger charge is 2.06. The highest BCUT2D eigenvalue weighted by Crippen LogP contribution is 2.19. The Balaban J connectivity index is 2.23. The highest BCUT2D eigenvalue weighted by atomic mass is 35.5. The molecule has 1 heterocycles. The van der Waals surface area contributed by atoms with Crippen LogP contribution in [0, 0.1) is 5.82 Å². The van der Waals surface area contributed by atoms with Crippen LogP contribution in [0.5, 0.6) is 0 Å². The molecule has 0 N–H and O–H groups in total. The molecule has 1 aromatic heterocycles. The van der Waals surface area contributed by atoms with Crippen LogP contribution in [0.1, 0.15) is 10.6 Å². The SMILES string of the molecule is Fc1ccccc1Cc1nnc(Cl)s1. The fraction of sp³-hybridized carbons (Fsp3) is 0.111. The average Bonchev–Trinajstić information content (AvgIpc) is 2.56. The Bertz CT molecular complexity index is 444. The third kappa shape index (κ3) is 2.08. The first-order valence-corrected chi connectivity index (χ1v) is 5.16. The predicted molar refractivity (Wildman–Crippen MR) is 54.1 cm³/mol. The van der Waals surface area contributed by atoms with Crippen molar-refractivity contribution in [2.45, 2.75) is 6.42 Å². The summed E-state index contributed by atoms with van der Waals surface area (Å²) in [6.07, 6.45) is 0.442. The lowest BCUT2D eigenvalue weighted by Gasteiger charge is -1.97. The standard InChI is InChI=1S/C9H6ClFN2S/c10-9-13-12-8(14-9)5-6-3-1-2-4-7(6)11/h1-4H,5H2. The van der Waals surface area contributed by atoms with Crippen LogP contribution in [0.25, 0.3) is 0 Å². The van der Waals surface area contributed by atoms with Crippen molar-refractivity contribution in [1.82, 2.24) is 10.2 Å². The maximum atomic E-state index is 13.2. The molecule has 72 valence electrons. The monoisotopic (exact) mass is 228 g/mol. The van der Waals surface area contributed by atoms with Gasteiger partial charge in [0.25, 0.3) is 0 Å². The molecule has 0 fully saturated rings. The van der Waals surface area contributed by atoms with Crippen molar-refractivity contribution in [3.05, 3.63) is 45.1 Å². The van der Waals surface area contributed by atoms with Crippen molar-refractivity contribution in [3.8, 4) is 0 Å². The van der Waals surface area contributed by atoms with Crippen LogP contribution in [0.4, 0.5) is 4.39 Å². The van der Waals surface area contributed by atoms with Crippen LogP contribution in [0.3, 0.4) is 0 Å². The van der Waals surface area contributed by atoms with Crippen LogP contribution < -0.4 is 0 Å². The number of halogens is 2. The topological polar surface area (TPSA) is 25.8 Å². The number of hydrogen-bond donors (Lipinski definition) is 0. The van der Waals surface area contributed by atoms with Gasteiger partial charge in [0.1, 0.15) is 10.8 Å². The minimum Gasteiger partial charge on any atom is -0.207 e. The van der Waals surface area contributed by atoms with Crippen molar-refractivity contribution in [2.24, 2.45) is 0 Å². The summed E-state index contributed by atoms with van der Waals surface area (Å²) in [7, 11) is 0. The van der Waals surface area contributed by atoms with Crippen molar-refractivity contribution in [1.29, 1.82) is 0 Å². The first-order valence-electron chi connectivity index (χ1n) is 3.97. The molecule has 0 atom stereocenters. The maximum absolute atomic E-state index is 13.2. The van der Waals surface area contributed by atoms with Gasteiger partial charge in [-0.3, -0.25) is 0 Å². The van der Waals surface area contributed by atoms with E-state index in [2.05, 4.69) is 10.2 Å². The summed E-state index contributed by atoms with van der Waals surface area (Å²) in [5.74, 6) is -0.223. The molecule has 1 aromatic carbocycles. The molecule has 0 saturated carbocycles. The molecule has 14 heavy (non-hydrogen) atoms. The fourth-order valence-corrected chi connectivity index (χ4v) is 2.00. The summed E-state index contributed by atoms with van der Waals surface area (Å²) in [5.41, 5.74) is 0.611. The van der Waals surface area contributed by atoms with E-state index in [4.69, 9.17) is 11.6 Å². The molecule has 0 aliphatic heterocycles. The number of rotatable bonds is 2. The largest absolute Gasteiger partial charge is 0.207 e. The van der Waals surface area contributed by atoms with Gasteiger partial charge in [-0.25, -0.2) is 4.39 Å².